The van der Waals surface area contributed by atoms with E-state index in [0.717, 1.165) is 12.0 Å². The lowest BCUT2D eigenvalue weighted by atomic mass is 10.1. The minimum atomic E-state index is -2.86. The fraction of sp³-hybridized carbons (Fsp3) is 0.188. The molecule has 0 aliphatic carbocycles. The predicted molar refractivity (Wildman–Crippen MR) is 76.8 cm³/mol. The quantitative estimate of drug-likeness (QED) is 0.900. The molecule has 0 aliphatic heterocycles. The molecule has 1 N–H and O–H groups in total. The van der Waals surface area contributed by atoms with Crippen molar-refractivity contribution in [2.24, 2.45) is 0 Å². The Hall–Kier alpha value is -2.43. The molecule has 0 fully saturated rings. The molecule has 0 spiro atoms. The highest BCUT2D eigenvalue weighted by Gasteiger charge is 2.07. The zero-order valence-corrected chi connectivity index (χ0v) is 11.5. The number of carbonyl (C=O) groups is 1. The highest BCUT2D eigenvalue weighted by molar-refractivity contribution is 6.04. The third kappa shape index (κ3) is 4.27. The van der Waals surface area contributed by atoms with Crippen molar-refractivity contribution in [1.29, 1.82) is 0 Å². The van der Waals surface area contributed by atoms with Gasteiger partial charge in [-0.1, -0.05) is 19.1 Å². The van der Waals surface area contributed by atoms with E-state index in [1.54, 1.807) is 12.1 Å². The summed E-state index contributed by atoms with van der Waals surface area (Å²) in [5, 5.41) is 2.69. The summed E-state index contributed by atoms with van der Waals surface area (Å²) in [5.41, 5.74) is 2.21. The summed E-state index contributed by atoms with van der Waals surface area (Å²) < 4.78 is 28.3. The van der Waals surface area contributed by atoms with Gasteiger partial charge in [-0.25, -0.2) is 0 Å². The first kappa shape index (κ1) is 15.0. The molecule has 2 rings (SSSR count). The van der Waals surface area contributed by atoms with Gasteiger partial charge in [-0.2, -0.15) is 8.78 Å². The van der Waals surface area contributed by atoms with Crippen LogP contribution in [-0.2, 0) is 6.42 Å². The van der Waals surface area contributed by atoms with Crippen LogP contribution in [0.1, 0.15) is 22.8 Å². The Bertz CT molecular complexity index is 595. The molecule has 0 saturated carbocycles. The summed E-state index contributed by atoms with van der Waals surface area (Å²) in [4.78, 5) is 12.0. The molecule has 0 radical (unpaired) electrons. The van der Waals surface area contributed by atoms with Crippen LogP contribution in [0.2, 0.25) is 0 Å². The summed E-state index contributed by atoms with van der Waals surface area (Å²) in [6, 6.07) is 13.1. The number of ether oxygens (including phenoxy) is 1. The number of halogens is 2. The Labute approximate surface area is 121 Å². The number of benzene rings is 2. The molecule has 2 aromatic carbocycles. The first-order valence-electron chi connectivity index (χ1n) is 6.53. The molecule has 21 heavy (non-hydrogen) atoms. The average Bonchev–Trinajstić information content (AvgIpc) is 2.49. The van der Waals surface area contributed by atoms with Crippen molar-refractivity contribution in [2.75, 3.05) is 5.32 Å². The first-order chi connectivity index (χ1) is 10.1. The number of amides is 1. The number of aryl methyl sites for hydroxylation is 1. The number of anilines is 1. The molecular weight excluding hydrogens is 276 g/mol. The molecule has 1 amide bonds. The van der Waals surface area contributed by atoms with Crippen LogP contribution >= 0.6 is 0 Å². The van der Waals surface area contributed by atoms with Gasteiger partial charge >= 0.3 is 6.61 Å². The second-order valence-electron chi connectivity index (χ2n) is 4.41. The first-order valence-corrected chi connectivity index (χ1v) is 6.53. The molecule has 0 saturated heterocycles. The van der Waals surface area contributed by atoms with E-state index in [0.29, 0.717) is 11.3 Å². The van der Waals surface area contributed by atoms with Gasteiger partial charge in [-0.05, 0) is 48.4 Å². The van der Waals surface area contributed by atoms with E-state index in [1.807, 2.05) is 19.1 Å². The number of nitrogens with one attached hydrogen (secondary N) is 1. The average molecular weight is 291 g/mol. The number of alkyl halides is 2. The monoisotopic (exact) mass is 291 g/mol. The van der Waals surface area contributed by atoms with E-state index in [2.05, 4.69) is 10.1 Å². The summed E-state index contributed by atoms with van der Waals surface area (Å²) in [7, 11) is 0. The normalized spacial score (nSPS) is 10.5. The molecule has 110 valence electrons. The molecule has 0 atom stereocenters. The van der Waals surface area contributed by atoms with Crippen LogP contribution in [0.25, 0.3) is 0 Å². The van der Waals surface area contributed by atoms with Crippen molar-refractivity contribution in [3.05, 3.63) is 59.7 Å². The van der Waals surface area contributed by atoms with Crippen molar-refractivity contribution in [2.45, 2.75) is 20.0 Å². The van der Waals surface area contributed by atoms with Crippen LogP contribution in [0, 0.1) is 0 Å². The maximum absolute atomic E-state index is 12.0. The van der Waals surface area contributed by atoms with Gasteiger partial charge in [-0.15, -0.1) is 0 Å². The standard InChI is InChI=1S/C16H15F2NO2/c1-2-11-3-5-12(6-4-11)15(20)19-13-7-9-14(10-8-13)21-16(17)18/h3-10,16H,2H2,1H3,(H,19,20). The third-order valence-electron chi connectivity index (χ3n) is 2.96. The fourth-order valence-electron chi connectivity index (χ4n) is 1.81. The molecule has 3 nitrogen and oxygen atoms in total. The Kier molecular flexibility index (Phi) is 4.87. The number of hydrogen-bond donors (Lipinski definition) is 1. The van der Waals surface area contributed by atoms with Crippen molar-refractivity contribution in [3.8, 4) is 5.75 Å². The molecule has 2 aromatic rings. The van der Waals surface area contributed by atoms with Gasteiger partial charge in [-0.3, -0.25) is 4.79 Å². The van der Waals surface area contributed by atoms with Crippen LogP contribution in [0.3, 0.4) is 0 Å². The Balaban J connectivity index is 2.01. The van der Waals surface area contributed by atoms with E-state index < -0.39 is 6.61 Å². The Morgan fingerprint density at radius 3 is 2.24 bits per heavy atom. The van der Waals surface area contributed by atoms with E-state index in [-0.39, 0.29) is 11.7 Å². The van der Waals surface area contributed by atoms with Crippen molar-refractivity contribution in [1.82, 2.24) is 0 Å². The largest absolute Gasteiger partial charge is 0.435 e. The van der Waals surface area contributed by atoms with Gasteiger partial charge in [0.15, 0.2) is 0 Å². The Morgan fingerprint density at radius 2 is 1.71 bits per heavy atom. The topological polar surface area (TPSA) is 38.3 Å². The van der Waals surface area contributed by atoms with Gasteiger partial charge in [0.05, 0.1) is 0 Å². The summed E-state index contributed by atoms with van der Waals surface area (Å²) in [6.45, 7) is -0.819. The minimum Gasteiger partial charge on any atom is -0.435 e. The highest BCUT2D eigenvalue weighted by atomic mass is 19.3. The van der Waals surface area contributed by atoms with Gasteiger partial charge in [0.2, 0.25) is 0 Å². The lowest BCUT2D eigenvalue weighted by Crippen LogP contribution is -2.11. The van der Waals surface area contributed by atoms with Crippen LogP contribution in [0.15, 0.2) is 48.5 Å². The second-order valence-corrected chi connectivity index (χ2v) is 4.41. The van der Waals surface area contributed by atoms with E-state index in [9.17, 15) is 13.6 Å². The zero-order valence-electron chi connectivity index (χ0n) is 11.5. The van der Waals surface area contributed by atoms with Crippen LogP contribution in [0.4, 0.5) is 14.5 Å². The Morgan fingerprint density at radius 1 is 1.10 bits per heavy atom. The molecular formula is C16H15F2NO2. The third-order valence-corrected chi connectivity index (χ3v) is 2.96. The number of carbonyl (C=O) groups excluding carboxylic acids is 1. The highest BCUT2D eigenvalue weighted by Crippen LogP contribution is 2.18. The summed E-state index contributed by atoms with van der Waals surface area (Å²) in [6.07, 6.45) is 0.910. The maximum atomic E-state index is 12.0. The van der Waals surface area contributed by atoms with Gasteiger partial charge < -0.3 is 10.1 Å². The van der Waals surface area contributed by atoms with Gasteiger partial charge in [0, 0.05) is 11.3 Å². The lowest BCUT2D eigenvalue weighted by Gasteiger charge is -2.08. The van der Waals surface area contributed by atoms with Crippen LogP contribution < -0.4 is 10.1 Å². The number of rotatable bonds is 5. The van der Waals surface area contributed by atoms with E-state index in [4.69, 9.17) is 0 Å². The molecule has 0 bridgehead atoms. The van der Waals surface area contributed by atoms with Crippen LogP contribution in [0.5, 0.6) is 5.75 Å². The molecule has 0 heterocycles. The van der Waals surface area contributed by atoms with Crippen molar-refractivity contribution in [3.63, 3.8) is 0 Å². The zero-order chi connectivity index (χ0) is 15.2. The summed E-state index contributed by atoms with van der Waals surface area (Å²) in [5.74, 6) is -0.199. The molecule has 0 aliphatic rings. The van der Waals surface area contributed by atoms with E-state index in [1.165, 1.54) is 24.3 Å². The van der Waals surface area contributed by atoms with Crippen molar-refractivity contribution >= 4 is 11.6 Å². The summed E-state index contributed by atoms with van der Waals surface area (Å²) >= 11 is 0. The molecule has 5 heteroatoms. The SMILES string of the molecule is CCc1ccc(C(=O)Nc2ccc(OC(F)F)cc2)cc1. The van der Waals surface area contributed by atoms with Gasteiger partial charge in [0.1, 0.15) is 5.75 Å². The molecule has 0 unspecified atom stereocenters. The van der Waals surface area contributed by atoms with E-state index >= 15 is 0 Å². The van der Waals surface area contributed by atoms with Gasteiger partial charge in [0.25, 0.3) is 5.91 Å². The predicted octanol–water partition coefficient (Wildman–Crippen LogP) is 4.10. The number of hydrogen-bond acceptors (Lipinski definition) is 2. The lowest BCUT2D eigenvalue weighted by molar-refractivity contribution is -0.0498. The fourth-order valence-corrected chi connectivity index (χ4v) is 1.81. The smallest absolute Gasteiger partial charge is 0.387 e. The van der Waals surface area contributed by atoms with Crippen molar-refractivity contribution < 1.29 is 18.3 Å². The minimum absolute atomic E-state index is 0.0512. The van der Waals surface area contributed by atoms with Crippen LogP contribution in [-0.4, -0.2) is 12.5 Å². The maximum Gasteiger partial charge on any atom is 0.387 e. The molecule has 0 aromatic heterocycles. The second kappa shape index (κ2) is 6.83.